The summed E-state index contributed by atoms with van der Waals surface area (Å²) in [5.74, 6) is -0.218. The molecule has 1 atom stereocenters. The maximum absolute atomic E-state index is 13.1. The van der Waals surface area contributed by atoms with E-state index in [1.54, 1.807) is 36.3 Å². The molecule has 0 amide bonds. The molecule has 8 nitrogen and oxygen atoms in total. The molecule has 9 heteroatoms. The molecule has 2 aromatic rings. The Hall–Kier alpha value is -3.43. The van der Waals surface area contributed by atoms with Gasteiger partial charge in [0, 0.05) is 18.5 Å². The van der Waals surface area contributed by atoms with Crippen molar-refractivity contribution in [1.82, 2.24) is 5.32 Å². The van der Waals surface area contributed by atoms with Gasteiger partial charge in [0.05, 0.1) is 38.0 Å². The summed E-state index contributed by atoms with van der Waals surface area (Å²) in [5.41, 5.74) is 2.96. The minimum atomic E-state index is -0.561. The quantitative estimate of drug-likeness (QED) is 0.354. The van der Waals surface area contributed by atoms with E-state index in [1.807, 2.05) is 31.2 Å². The summed E-state index contributed by atoms with van der Waals surface area (Å²) in [4.78, 5) is 26.7. The predicted octanol–water partition coefficient (Wildman–Crippen LogP) is 3.38. The van der Waals surface area contributed by atoms with E-state index < -0.39 is 18.0 Å². The third-order valence-electron chi connectivity index (χ3n) is 5.22. The standard InChI is InChI=1S/C24H26N2O6S/c1-15-20(23(28)32-14-13-29-2)21(16-5-7-17(8-6-16)22(27)31-4)25-24(33)26(15)18-9-11-19(30-3)12-10-18/h5-12,21H,13-14H2,1-4H3,(H,25,33). The lowest BCUT2D eigenvalue weighted by Gasteiger charge is -2.37. The van der Waals surface area contributed by atoms with Crippen molar-refractivity contribution in [3.05, 3.63) is 70.9 Å². The maximum atomic E-state index is 13.1. The fraction of sp³-hybridized carbons (Fsp3) is 0.292. The second-order valence-corrected chi connectivity index (χ2v) is 7.54. The van der Waals surface area contributed by atoms with Crippen LogP contribution >= 0.6 is 12.2 Å². The smallest absolute Gasteiger partial charge is 0.338 e. The van der Waals surface area contributed by atoms with Crippen LogP contribution < -0.4 is 15.0 Å². The summed E-state index contributed by atoms with van der Waals surface area (Å²) in [6.45, 7) is 2.22. The molecule has 0 aliphatic carbocycles. The summed E-state index contributed by atoms with van der Waals surface area (Å²) >= 11 is 5.66. The zero-order valence-electron chi connectivity index (χ0n) is 18.9. The molecule has 0 saturated heterocycles. The van der Waals surface area contributed by atoms with Gasteiger partial charge in [-0.05, 0) is 61.1 Å². The number of allylic oxidation sites excluding steroid dienone is 1. The lowest BCUT2D eigenvalue weighted by atomic mass is 9.94. The van der Waals surface area contributed by atoms with E-state index in [-0.39, 0.29) is 13.2 Å². The Morgan fingerprint density at radius 3 is 2.21 bits per heavy atom. The number of esters is 2. The van der Waals surface area contributed by atoms with Gasteiger partial charge in [-0.25, -0.2) is 9.59 Å². The SMILES string of the molecule is COCCOC(=O)C1=C(C)N(c2ccc(OC)cc2)C(=S)NC1c1ccc(C(=O)OC)cc1. The van der Waals surface area contributed by atoms with Crippen LogP contribution in [0.1, 0.15) is 28.9 Å². The number of hydrogen-bond donors (Lipinski definition) is 1. The monoisotopic (exact) mass is 470 g/mol. The molecule has 1 unspecified atom stereocenters. The highest BCUT2D eigenvalue weighted by molar-refractivity contribution is 7.80. The molecule has 1 heterocycles. The van der Waals surface area contributed by atoms with Crippen LogP contribution in [0.25, 0.3) is 0 Å². The highest BCUT2D eigenvalue weighted by atomic mass is 32.1. The van der Waals surface area contributed by atoms with Crippen molar-refractivity contribution >= 4 is 35.0 Å². The zero-order valence-corrected chi connectivity index (χ0v) is 19.7. The first-order valence-corrected chi connectivity index (χ1v) is 10.6. The lowest BCUT2D eigenvalue weighted by molar-refractivity contribution is -0.140. The van der Waals surface area contributed by atoms with Gasteiger partial charge in [0.2, 0.25) is 0 Å². The van der Waals surface area contributed by atoms with E-state index in [4.69, 9.17) is 31.2 Å². The molecule has 1 aliphatic heterocycles. The average Bonchev–Trinajstić information content (AvgIpc) is 2.83. The van der Waals surface area contributed by atoms with Gasteiger partial charge < -0.3 is 24.3 Å². The molecule has 0 aromatic heterocycles. The maximum Gasteiger partial charge on any atom is 0.338 e. The number of methoxy groups -OCH3 is 3. The summed E-state index contributed by atoms with van der Waals surface area (Å²) in [5, 5.41) is 3.67. The predicted molar refractivity (Wildman–Crippen MR) is 127 cm³/mol. The number of nitrogens with zero attached hydrogens (tertiary/aromatic N) is 1. The molecule has 1 N–H and O–H groups in total. The fourth-order valence-electron chi connectivity index (χ4n) is 3.52. The van der Waals surface area contributed by atoms with Crippen molar-refractivity contribution in [2.45, 2.75) is 13.0 Å². The van der Waals surface area contributed by atoms with Crippen molar-refractivity contribution in [3.63, 3.8) is 0 Å². The second-order valence-electron chi connectivity index (χ2n) is 7.16. The number of nitrogens with one attached hydrogen (secondary N) is 1. The third-order valence-corrected chi connectivity index (χ3v) is 5.52. The molecule has 3 rings (SSSR count). The summed E-state index contributed by atoms with van der Waals surface area (Å²) in [6.07, 6.45) is 0. The van der Waals surface area contributed by atoms with Gasteiger partial charge in [0.15, 0.2) is 5.11 Å². The first kappa shape index (κ1) is 24.2. The number of carbonyl (C=O) groups is 2. The number of hydrogen-bond acceptors (Lipinski definition) is 7. The van der Waals surface area contributed by atoms with Crippen LogP contribution in [-0.4, -0.2) is 51.6 Å². The van der Waals surface area contributed by atoms with Gasteiger partial charge in [-0.1, -0.05) is 12.1 Å². The number of anilines is 1. The molecule has 0 radical (unpaired) electrons. The summed E-state index contributed by atoms with van der Waals surface area (Å²) in [6, 6.07) is 13.6. The van der Waals surface area contributed by atoms with Gasteiger partial charge in [-0.3, -0.25) is 4.90 Å². The Balaban J connectivity index is 2.03. The van der Waals surface area contributed by atoms with Crippen LogP contribution in [0.4, 0.5) is 5.69 Å². The van der Waals surface area contributed by atoms with Gasteiger partial charge in [-0.15, -0.1) is 0 Å². The van der Waals surface area contributed by atoms with Crippen molar-refractivity contribution < 1.29 is 28.5 Å². The van der Waals surface area contributed by atoms with Crippen molar-refractivity contribution in [1.29, 1.82) is 0 Å². The molecular weight excluding hydrogens is 444 g/mol. The van der Waals surface area contributed by atoms with Gasteiger partial charge >= 0.3 is 11.9 Å². The minimum absolute atomic E-state index is 0.118. The van der Waals surface area contributed by atoms with E-state index in [0.29, 0.717) is 27.7 Å². The van der Waals surface area contributed by atoms with Crippen molar-refractivity contribution in [2.75, 3.05) is 39.4 Å². The number of rotatable bonds is 8. The Morgan fingerprint density at radius 1 is 0.970 bits per heavy atom. The third kappa shape index (κ3) is 5.32. The topological polar surface area (TPSA) is 86.3 Å². The highest BCUT2D eigenvalue weighted by Crippen LogP contribution is 2.35. The molecule has 0 fully saturated rings. The van der Waals surface area contributed by atoms with E-state index in [1.165, 1.54) is 14.2 Å². The number of carbonyl (C=O) groups excluding carboxylic acids is 2. The highest BCUT2D eigenvalue weighted by Gasteiger charge is 2.35. The van der Waals surface area contributed by atoms with Crippen LogP contribution in [0.5, 0.6) is 5.75 Å². The summed E-state index contributed by atoms with van der Waals surface area (Å²) in [7, 11) is 4.46. The fourth-order valence-corrected chi connectivity index (χ4v) is 3.88. The first-order valence-electron chi connectivity index (χ1n) is 10.2. The number of thiocarbonyl (C=S) groups is 1. The molecule has 174 valence electrons. The largest absolute Gasteiger partial charge is 0.497 e. The van der Waals surface area contributed by atoms with Gasteiger partial charge in [0.1, 0.15) is 12.4 Å². The molecule has 1 aliphatic rings. The lowest BCUT2D eigenvalue weighted by Crippen LogP contribution is -2.48. The van der Waals surface area contributed by atoms with E-state index in [9.17, 15) is 9.59 Å². The Bertz CT molecular complexity index is 1050. The van der Waals surface area contributed by atoms with Crippen molar-refractivity contribution in [2.24, 2.45) is 0 Å². The minimum Gasteiger partial charge on any atom is -0.497 e. The number of ether oxygens (including phenoxy) is 4. The van der Waals surface area contributed by atoms with Gasteiger partial charge in [-0.2, -0.15) is 0 Å². The molecule has 0 spiro atoms. The van der Waals surface area contributed by atoms with Crippen LogP contribution in [0.2, 0.25) is 0 Å². The molecular formula is C24H26N2O6S. The van der Waals surface area contributed by atoms with Crippen LogP contribution in [0, 0.1) is 0 Å². The molecule has 0 bridgehead atoms. The first-order chi connectivity index (χ1) is 15.9. The van der Waals surface area contributed by atoms with E-state index in [2.05, 4.69) is 5.32 Å². The van der Waals surface area contributed by atoms with Crippen molar-refractivity contribution in [3.8, 4) is 5.75 Å². The van der Waals surface area contributed by atoms with Crippen LogP contribution in [-0.2, 0) is 19.0 Å². The van der Waals surface area contributed by atoms with Crippen LogP contribution in [0.3, 0.4) is 0 Å². The number of benzene rings is 2. The second kappa shape index (κ2) is 10.9. The van der Waals surface area contributed by atoms with Crippen LogP contribution in [0.15, 0.2) is 59.8 Å². The van der Waals surface area contributed by atoms with Gasteiger partial charge in [0.25, 0.3) is 0 Å². The molecule has 33 heavy (non-hydrogen) atoms. The average molecular weight is 471 g/mol. The normalized spacial score (nSPS) is 15.7. The Kier molecular flexibility index (Phi) is 8.02. The Morgan fingerprint density at radius 2 is 1.64 bits per heavy atom. The van der Waals surface area contributed by atoms with E-state index in [0.717, 1.165) is 11.3 Å². The molecule has 2 aromatic carbocycles. The van der Waals surface area contributed by atoms with E-state index >= 15 is 0 Å². The summed E-state index contributed by atoms with van der Waals surface area (Å²) < 4.78 is 20.5. The zero-order chi connectivity index (χ0) is 24.0. The Labute approximate surface area is 198 Å². The molecule has 0 saturated carbocycles.